The Morgan fingerprint density at radius 3 is 1.94 bits per heavy atom. The van der Waals surface area contributed by atoms with Crippen molar-refractivity contribution in [2.24, 2.45) is 17.3 Å². The lowest BCUT2D eigenvalue weighted by Crippen LogP contribution is -2.51. The van der Waals surface area contributed by atoms with Crippen molar-refractivity contribution in [3.8, 4) is 6.07 Å². The van der Waals surface area contributed by atoms with Crippen LogP contribution in [0.25, 0.3) is 0 Å². The Balaban J connectivity index is 2.26. The van der Waals surface area contributed by atoms with Crippen molar-refractivity contribution >= 4 is 0 Å². The van der Waals surface area contributed by atoms with E-state index >= 15 is 0 Å². The maximum atomic E-state index is 11.2. The van der Waals surface area contributed by atoms with E-state index in [9.17, 15) is 10.4 Å². The largest absolute Gasteiger partial charge is 0.388 e. The second-order valence-electron chi connectivity index (χ2n) is 6.99. The summed E-state index contributed by atoms with van der Waals surface area (Å²) in [6.45, 7) is 4.45. The smallest absolute Gasteiger partial charge is 0.0860 e. The number of nitrogens with zero attached hydrogens (tertiary/aromatic N) is 1. The zero-order valence-corrected chi connectivity index (χ0v) is 11.9. The first-order valence-corrected chi connectivity index (χ1v) is 7.65. The molecule has 0 aromatic rings. The minimum atomic E-state index is -0.733. The van der Waals surface area contributed by atoms with Crippen LogP contribution < -0.4 is 0 Å². The molecule has 2 saturated carbocycles. The van der Waals surface area contributed by atoms with E-state index in [2.05, 4.69) is 19.9 Å². The Morgan fingerprint density at radius 1 is 1.00 bits per heavy atom. The van der Waals surface area contributed by atoms with Gasteiger partial charge in [0.1, 0.15) is 0 Å². The molecule has 0 amide bonds. The van der Waals surface area contributed by atoms with Gasteiger partial charge in [0.05, 0.1) is 17.1 Å². The van der Waals surface area contributed by atoms with Crippen molar-refractivity contribution in [3.63, 3.8) is 0 Å². The lowest BCUT2D eigenvalue weighted by molar-refractivity contribution is -0.113. The van der Waals surface area contributed by atoms with E-state index in [0.29, 0.717) is 11.8 Å². The van der Waals surface area contributed by atoms with Gasteiger partial charge in [-0.1, -0.05) is 39.5 Å². The first kappa shape index (κ1) is 13.9. The average Bonchev–Trinajstić information content (AvgIpc) is 2.53. The lowest BCUT2D eigenvalue weighted by atomic mass is 9.58. The summed E-state index contributed by atoms with van der Waals surface area (Å²) in [6.07, 6.45) is 9.32. The Kier molecular flexibility index (Phi) is 4.02. The maximum absolute atomic E-state index is 11.2. The van der Waals surface area contributed by atoms with Gasteiger partial charge < -0.3 is 5.11 Å². The second-order valence-corrected chi connectivity index (χ2v) is 6.99. The van der Waals surface area contributed by atoms with Crippen molar-refractivity contribution in [2.75, 3.05) is 0 Å². The first-order chi connectivity index (χ1) is 8.51. The molecule has 2 rings (SSSR count). The van der Waals surface area contributed by atoms with E-state index in [1.165, 1.54) is 19.3 Å². The van der Waals surface area contributed by atoms with Crippen LogP contribution in [0.15, 0.2) is 0 Å². The van der Waals surface area contributed by atoms with Crippen LogP contribution in [0.4, 0.5) is 0 Å². The molecular weight excluding hydrogens is 222 g/mol. The number of nitriles is 1. The summed E-state index contributed by atoms with van der Waals surface area (Å²) in [7, 11) is 0. The van der Waals surface area contributed by atoms with Gasteiger partial charge >= 0.3 is 0 Å². The van der Waals surface area contributed by atoms with Gasteiger partial charge in [0, 0.05) is 0 Å². The van der Waals surface area contributed by atoms with Gasteiger partial charge in [-0.2, -0.15) is 5.26 Å². The summed E-state index contributed by atoms with van der Waals surface area (Å²) in [5.74, 6) is 1.10. The Hall–Kier alpha value is -0.550. The standard InChI is InChI=1S/C16H27NO/c1-13-9-14(2)11-16(18,10-13)15(12-17)7-5-3-4-6-8-15/h13-14,18H,3-11H2,1-2H3. The highest BCUT2D eigenvalue weighted by Crippen LogP contribution is 2.52. The first-order valence-electron chi connectivity index (χ1n) is 7.65. The molecule has 0 aromatic carbocycles. The molecule has 0 spiro atoms. The summed E-state index contributed by atoms with van der Waals surface area (Å²) in [5.41, 5.74) is -1.20. The van der Waals surface area contributed by atoms with Crippen molar-refractivity contribution in [2.45, 2.75) is 77.2 Å². The molecule has 0 aliphatic heterocycles. The van der Waals surface area contributed by atoms with E-state index in [4.69, 9.17) is 0 Å². The molecule has 2 aliphatic carbocycles. The molecule has 2 unspecified atom stereocenters. The Bertz CT molecular complexity index is 312. The van der Waals surface area contributed by atoms with E-state index in [1.807, 2.05) is 0 Å². The van der Waals surface area contributed by atoms with Crippen LogP contribution in [0.1, 0.15) is 71.6 Å². The normalized spacial score (nSPS) is 40.8. The van der Waals surface area contributed by atoms with Gasteiger partial charge in [-0.25, -0.2) is 0 Å². The minimum absolute atomic E-state index is 0.466. The van der Waals surface area contributed by atoms with E-state index in [0.717, 1.165) is 38.5 Å². The topological polar surface area (TPSA) is 44.0 Å². The molecule has 102 valence electrons. The number of aliphatic hydroxyl groups is 1. The van der Waals surface area contributed by atoms with Gasteiger partial charge in [-0.15, -0.1) is 0 Å². The zero-order chi connectivity index (χ0) is 13.2. The molecule has 0 radical (unpaired) electrons. The Morgan fingerprint density at radius 2 is 1.50 bits per heavy atom. The van der Waals surface area contributed by atoms with E-state index in [-0.39, 0.29) is 0 Å². The summed E-state index contributed by atoms with van der Waals surface area (Å²) < 4.78 is 0. The maximum Gasteiger partial charge on any atom is 0.0860 e. The summed E-state index contributed by atoms with van der Waals surface area (Å²) >= 11 is 0. The quantitative estimate of drug-likeness (QED) is 0.713. The third kappa shape index (κ3) is 2.43. The lowest BCUT2D eigenvalue weighted by Gasteiger charge is -2.48. The van der Waals surface area contributed by atoms with Crippen LogP contribution in [0.3, 0.4) is 0 Å². The highest BCUT2D eigenvalue weighted by molar-refractivity contribution is 5.13. The van der Waals surface area contributed by atoms with Gasteiger partial charge in [0.15, 0.2) is 0 Å². The van der Waals surface area contributed by atoms with Crippen molar-refractivity contribution in [1.29, 1.82) is 5.26 Å². The van der Waals surface area contributed by atoms with Crippen molar-refractivity contribution < 1.29 is 5.11 Å². The molecule has 2 atom stereocenters. The van der Waals surface area contributed by atoms with Crippen LogP contribution in [0, 0.1) is 28.6 Å². The molecule has 2 aliphatic rings. The molecule has 18 heavy (non-hydrogen) atoms. The fraction of sp³-hybridized carbons (Fsp3) is 0.938. The van der Waals surface area contributed by atoms with E-state index < -0.39 is 11.0 Å². The fourth-order valence-electron chi connectivity index (χ4n) is 4.49. The number of rotatable bonds is 1. The predicted molar refractivity (Wildman–Crippen MR) is 72.9 cm³/mol. The molecule has 2 fully saturated rings. The monoisotopic (exact) mass is 249 g/mol. The van der Waals surface area contributed by atoms with Crippen molar-refractivity contribution in [1.82, 2.24) is 0 Å². The molecular formula is C16H27NO. The minimum Gasteiger partial charge on any atom is -0.388 e. The molecule has 0 saturated heterocycles. The van der Waals surface area contributed by atoms with Crippen LogP contribution in [-0.2, 0) is 0 Å². The number of hydrogen-bond acceptors (Lipinski definition) is 2. The third-order valence-corrected chi connectivity index (χ3v) is 5.24. The van der Waals surface area contributed by atoms with Gasteiger partial charge in [0.25, 0.3) is 0 Å². The van der Waals surface area contributed by atoms with E-state index in [1.54, 1.807) is 0 Å². The average molecular weight is 249 g/mol. The molecule has 0 aromatic heterocycles. The summed E-state index contributed by atoms with van der Waals surface area (Å²) in [5, 5.41) is 20.9. The van der Waals surface area contributed by atoms with Gasteiger partial charge in [-0.3, -0.25) is 0 Å². The molecule has 1 N–H and O–H groups in total. The highest BCUT2D eigenvalue weighted by Gasteiger charge is 2.53. The molecule has 0 heterocycles. The van der Waals surface area contributed by atoms with Crippen molar-refractivity contribution in [3.05, 3.63) is 0 Å². The molecule has 2 nitrogen and oxygen atoms in total. The van der Waals surface area contributed by atoms with Crippen LogP contribution in [0.2, 0.25) is 0 Å². The van der Waals surface area contributed by atoms with Crippen LogP contribution in [0.5, 0.6) is 0 Å². The second kappa shape index (κ2) is 5.21. The van der Waals surface area contributed by atoms with Gasteiger partial charge in [0.2, 0.25) is 0 Å². The van der Waals surface area contributed by atoms with Gasteiger partial charge in [-0.05, 0) is 43.9 Å². The summed E-state index contributed by atoms with van der Waals surface area (Å²) in [4.78, 5) is 0. The summed E-state index contributed by atoms with van der Waals surface area (Å²) in [6, 6.07) is 2.56. The Labute approximate surface area is 111 Å². The predicted octanol–water partition coefficient (Wildman–Crippen LogP) is 4.04. The molecule has 2 heteroatoms. The van der Waals surface area contributed by atoms with Crippen LogP contribution in [-0.4, -0.2) is 10.7 Å². The molecule has 0 bridgehead atoms. The highest BCUT2D eigenvalue weighted by atomic mass is 16.3. The number of hydrogen-bond donors (Lipinski definition) is 1. The van der Waals surface area contributed by atoms with Crippen LogP contribution >= 0.6 is 0 Å². The SMILES string of the molecule is CC1CC(C)CC(O)(C2(C#N)CCCCCC2)C1. The zero-order valence-electron chi connectivity index (χ0n) is 11.9. The third-order valence-electron chi connectivity index (χ3n) is 5.24. The fourth-order valence-corrected chi connectivity index (χ4v) is 4.49.